The Hall–Kier alpha value is -3.44. The third-order valence-electron chi connectivity index (χ3n) is 5.37. The molecule has 4 rings (SSSR count). The Morgan fingerprint density at radius 3 is 2.38 bits per heavy atom. The number of hydrogen-bond acceptors (Lipinski definition) is 2. The molecule has 0 saturated carbocycles. The quantitative estimate of drug-likeness (QED) is 0.353. The number of halogens is 1. The molecule has 32 heavy (non-hydrogen) atoms. The summed E-state index contributed by atoms with van der Waals surface area (Å²) in [6.07, 6.45) is 0.189. The Balaban J connectivity index is 1.56. The molecule has 0 radical (unpaired) electrons. The minimum atomic E-state index is -0.807. The van der Waals surface area contributed by atoms with E-state index in [1.807, 2.05) is 97.9 Å². The molecule has 2 N–H and O–H groups in total. The van der Waals surface area contributed by atoms with Crippen LogP contribution >= 0.6 is 15.9 Å². The molecule has 0 bridgehead atoms. The minimum Gasteiger partial charge on any atom is -0.340 e. The summed E-state index contributed by atoms with van der Waals surface area (Å²) in [5.41, 5.74) is 3.39. The summed E-state index contributed by atoms with van der Waals surface area (Å²) in [4.78, 5) is 26.2. The van der Waals surface area contributed by atoms with Gasteiger partial charge in [-0.3, -0.25) is 9.59 Å². The maximum atomic E-state index is 13.2. The Morgan fingerprint density at radius 1 is 0.875 bits per heavy atom. The number of benzene rings is 4. The molecule has 0 fully saturated rings. The van der Waals surface area contributed by atoms with Crippen molar-refractivity contribution in [3.8, 4) is 0 Å². The molecule has 0 aliphatic carbocycles. The van der Waals surface area contributed by atoms with Crippen molar-refractivity contribution in [3.05, 3.63) is 112 Å². The van der Waals surface area contributed by atoms with E-state index in [1.165, 1.54) is 0 Å². The number of nitrogens with one attached hydrogen (secondary N) is 2. The van der Waals surface area contributed by atoms with E-state index in [-0.39, 0.29) is 18.2 Å². The number of rotatable bonds is 6. The number of carbonyl (C=O) groups is 2. The van der Waals surface area contributed by atoms with Crippen LogP contribution in [0.15, 0.2) is 95.5 Å². The molecule has 160 valence electrons. The van der Waals surface area contributed by atoms with E-state index in [4.69, 9.17) is 0 Å². The van der Waals surface area contributed by atoms with Crippen molar-refractivity contribution >= 4 is 44.2 Å². The monoisotopic (exact) mass is 486 g/mol. The van der Waals surface area contributed by atoms with Crippen molar-refractivity contribution in [1.82, 2.24) is 5.32 Å². The zero-order valence-electron chi connectivity index (χ0n) is 17.6. The van der Waals surface area contributed by atoms with Gasteiger partial charge >= 0.3 is 0 Å². The molecule has 2 amide bonds. The number of hydrogen-bond donors (Lipinski definition) is 2. The van der Waals surface area contributed by atoms with Crippen molar-refractivity contribution in [3.63, 3.8) is 0 Å². The van der Waals surface area contributed by atoms with Crippen LogP contribution in [-0.2, 0) is 16.0 Å². The summed E-state index contributed by atoms with van der Waals surface area (Å²) in [5, 5.41) is 7.97. The van der Waals surface area contributed by atoms with Crippen LogP contribution in [0.3, 0.4) is 0 Å². The molecule has 5 heteroatoms. The highest BCUT2D eigenvalue weighted by Gasteiger charge is 2.23. The third-order valence-corrected chi connectivity index (χ3v) is 6.23. The second-order valence-electron chi connectivity index (χ2n) is 7.68. The molecule has 4 nitrogen and oxygen atoms in total. The molecule has 0 saturated heterocycles. The van der Waals surface area contributed by atoms with Crippen LogP contribution < -0.4 is 10.6 Å². The van der Waals surface area contributed by atoms with Gasteiger partial charge in [0.2, 0.25) is 5.91 Å². The molecule has 0 spiro atoms. The molecular formula is C27H23BrN2O2. The van der Waals surface area contributed by atoms with Crippen molar-refractivity contribution < 1.29 is 9.59 Å². The fourth-order valence-corrected chi connectivity index (χ4v) is 4.04. The molecule has 0 unspecified atom stereocenters. The number of anilines is 1. The van der Waals surface area contributed by atoms with Gasteiger partial charge in [0.1, 0.15) is 6.04 Å². The zero-order chi connectivity index (χ0) is 22.5. The normalized spacial score (nSPS) is 11.7. The summed E-state index contributed by atoms with van der Waals surface area (Å²) >= 11 is 3.49. The number of amides is 2. The smallest absolute Gasteiger partial charge is 0.251 e. The maximum Gasteiger partial charge on any atom is 0.251 e. The number of aryl methyl sites for hydroxylation is 1. The van der Waals surface area contributed by atoms with Gasteiger partial charge in [-0.05, 0) is 46.5 Å². The van der Waals surface area contributed by atoms with E-state index >= 15 is 0 Å². The van der Waals surface area contributed by atoms with E-state index in [2.05, 4.69) is 26.6 Å². The van der Waals surface area contributed by atoms with Crippen molar-refractivity contribution in [2.75, 3.05) is 5.32 Å². The van der Waals surface area contributed by atoms with Gasteiger partial charge in [0.25, 0.3) is 5.91 Å². The second kappa shape index (κ2) is 9.79. The Kier molecular flexibility index (Phi) is 6.66. The Morgan fingerprint density at radius 2 is 1.59 bits per heavy atom. The highest BCUT2D eigenvalue weighted by atomic mass is 79.9. The Labute approximate surface area is 195 Å². The second-order valence-corrected chi connectivity index (χ2v) is 8.53. The molecular weight excluding hydrogens is 464 g/mol. The van der Waals surface area contributed by atoms with Crippen LogP contribution in [0, 0.1) is 6.92 Å². The van der Waals surface area contributed by atoms with Gasteiger partial charge in [0.15, 0.2) is 0 Å². The highest BCUT2D eigenvalue weighted by Crippen LogP contribution is 2.23. The third kappa shape index (κ3) is 5.06. The molecule has 0 aliphatic heterocycles. The van der Waals surface area contributed by atoms with E-state index in [0.29, 0.717) is 5.69 Å². The molecule has 4 aromatic carbocycles. The lowest BCUT2D eigenvalue weighted by Gasteiger charge is -2.19. The molecule has 4 aromatic rings. The van der Waals surface area contributed by atoms with Crippen LogP contribution in [0.4, 0.5) is 5.69 Å². The predicted octanol–water partition coefficient (Wildman–Crippen LogP) is 5.95. The SMILES string of the molecule is Cc1ccc(NC(=O)[C@@H](NC(=O)Cc2cccc3ccccc23)c2ccccc2)cc1Br. The van der Waals surface area contributed by atoms with Gasteiger partial charge in [-0.15, -0.1) is 0 Å². The average molecular weight is 487 g/mol. The summed E-state index contributed by atoms with van der Waals surface area (Å²) in [7, 11) is 0. The minimum absolute atomic E-state index is 0.189. The molecule has 1 atom stereocenters. The standard InChI is InChI=1S/C27H23BrN2O2/c1-18-14-15-22(17-24(18)28)29-27(32)26(20-9-3-2-4-10-20)30-25(31)16-21-12-7-11-19-8-5-6-13-23(19)21/h2-15,17,26H,16H2,1H3,(H,29,32)(H,30,31)/t26-/m0/s1. The van der Waals surface area contributed by atoms with Gasteiger partial charge < -0.3 is 10.6 Å². The predicted molar refractivity (Wildman–Crippen MR) is 132 cm³/mol. The van der Waals surface area contributed by atoms with E-state index in [1.54, 1.807) is 0 Å². The topological polar surface area (TPSA) is 58.2 Å². The van der Waals surface area contributed by atoms with Crippen molar-refractivity contribution in [2.45, 2.75) is 19.4 Å². The number of carbonyl (C=O) groups excluding carboxylic acids is 2. The van der Waals surface area contributed by atoms with Gasteiger partial charge in [0, 0.05) is 10.2 Å². The van der Waals surface area contributed by atoms with Crippen LogP contribution in [0.1, 0.15) is 22.7 Å². The van der Waals surface area contributed by atoms with Crippen LogP contribution in [-0.4, -0.2) is 11.8 Å². The zero-order valence-corrected chi connectivity index (χ0v) is 19.2. The van der Waals surface area contributed by atoms with Crippen molar-refractivity contribution in [1.29, 1.82) is 0 Å². The van der Waals surface area contributed by atoms with E-state index in [0.717, 1.165) is 31.9 Å². The molecule has 0 aliphatic rings. The summed E-state index contributed by atoms with van der Waals surface area (Å²) < 4.78 is 0.909. The summed E-state index contributed by atoms with van der Waals surface area (Å²) in [5.74, 6) is -0.506. The fraction of sp³-hybridized carbons (Fsp3) is 0.111. The first kappa shape index (κ1) is 21.8. The van der Waals surface area contributed by atoms with Gasteiger partial charge in [-0.1, -0.05) is 94.8 Å². The van der Waals surface area contributed by atoms with Gasteiger partial charge in [-0.2, -0.15) is 0 Å². The first-order chi connectivity index (χ1) is 15.5. The first-order valence-electron chi connectivity index (χ1n) is 10.4. The van der Waals surface area contributed by atoms with E-state index in [9.17, 15) is 9.59 Å². The summed E-state index contributed by atoms with van der Waals surface area (Å²) in [6, 6.07) is 28.0. The van der Waals surface area contributed by atoms with Crippen molar-refractivity contribution in [2.24, 2.45) is 0 Å². The van der Waals surface area contributed by atoms with Gasteiger partial charge in [0.05, 0.1) is 6.42 Å². The maximum absolute atomic E-state index is 13.2. The lowest BCUT2D eigenvalue weighted by Crippen LogP contribution is -2.37. The lowest BCUT2D eigenvalue weighted by molar-refractivity contribution is -0.126. The lowest BCUT2D eigenvalue weighted by atomic mass is 10.0. The highest BCUT2D eigenvalue weighted by molar-refractivity contribution is 9.10. The van der Waals surface area contributed by atoms with Gasteiger partial charge in [-0.25, -0.2) is 0 Å². The molecule has 0 aromatic heterocycles. The number of fused-ring (bicyclic) bond motifs is 1. The molecule has 0 heterocycles. The summed E-state index contributed by atoms with van der Waals surface area (Å²) in [6.45, 7) is 1.98. The largest absolute Gasteiger partial charge is 0.340 e. The Bertz CT molecular complexity index is 1270. The fourth-order valence-electron chi connectivity index (χ4n) is 3.66. The van der Waals surface area contributed by atoms with E-state index < -0.39 is 6.04 Å². The van der Waals surface area contributed by atoms with Crippen LogP contribution in [0.25, 0.3) is 10.8 Å². The van der Waals surface area contributed by atoms with Crippen LogP contribution in [0.5, 0.6) is 0 Å². The van der Waals surface area contributed by atoms with Crippen LogP contribution in [0.2, 0.25) is 0 Å². The first-order valence-corrected chi connectivity index (χ1v) is 11.2. The average Bonchev–Trinajstić information content (AvgIpc) is 2.81.